The maximum atomic E-state index is 12.5. The SMILES string of the molecule is COc1ccc(C(=O)NCCN(C(C)C)C2CC2)c(OC)c1OC. The van der Waals surface area contributed by atoms with Gasteiger partial charge in [-0.3, -0.25) is 9.69 Å². The van der Waals surface area contributed by atoms with E-state index in [-0.39, 0.29) is 5.91 Å². The van der Waals surface area contributed by atoms with Crippen LogP contribution in [-0.2, 0) is 0 Å². The quantitative estimate of drug-likeness (QED) is 0.750. The summed E-state index contributed by atoms with van der Waals surface area (Å²) in [5.74, 6) is 1.17. The Labute approximate surface area is 144 Å². The van der Waals surface area contributed by atoms with Crippen molar-refractivity contribution in [3.05, 3.63) is 17.7 Å². The summed E-state index contributed by atoms with van der Waals surface area (Å²) >= 11 is 0. The fourth-order valence-corrected chi connectivity index (χ4v) is 2.94. The van der Waals surface area contributed by atoms with Crippen molar-refractivity contribution in [1.82, 2.24) is 10.2 Å². The molecule has 0 aromatic heterocycles. The van der Waals surface area contributed by atoms with Crippen molar-refractivity contribution >= 4 is 5.91 Å². The van der Waals surface area contributed by atoms with Gasteiger partial charge in [0.15, 0.2) is 11.5 Å². The second-order valence-corrected chi connectivity index (χ2v) is 6.20. The van der Waals surface area contributed by atoms with E-state index in [1.807, 2.05) is 0 Å². The van der Waals surface area contributed by atoms with Crippen LogP contribution in [0.4, 0.5) is 0 Å². The average Bonchev–Trinajstić information content (AvgIpc) is 3.41. The third kappa shape index (κ3) is 4.12. The van der Waals surface area contributed by atoms with Crippen LogP contribution in [0.5, 0.6) is 17.2 Å². The van der Waals surface area contributed by atoms with E-state index in [0.29, 0.717) is 41.4 Å². The molecule has 1 N–H and O–H groups in total. The van der Waals surface area contributed by atoms with Crippen LogP contribution < -0.4 is 19.5 Å². The third-order valence-corrected chi connectivity index (χ3v) is 4.28. The Hall–Kier alpha value is -1.95. The minimum atomic E-state index is -0.174. The molecule has 1 aliphatic carbocycles. The minimum absolute atomic E-state index is 0.174. The van der Waals surface area contributed by atoms with Crippen LogP contribution >= 0.6 is 0 Å². The first-order valence-electron chi connectivity index (χ1n) is 8.36. The highest BCUT2D eigenvalue weighted by molar-refractivity contribution is 5.98. The molecule has 0 unspecified atom stereocenters. The maximum Gasteiger partial charge on any atom is 0.255 e. The summed E-state index contributed by atoms with van der Waals surface area (Å²) in [6, 6.07) is 4.57. The molecule has 0 aliphatic heterocycles. The summed E-state index contributed by atoms with van der Waals surface area (Å²) in [6.07, 6.45) is 2.52. The number of nitrogens with one attached hydrogen (secondary N) is 1. The van der Waals surface area contributed by atoms with E-state index in [2.05, 4.69) is 24.1 Å². The molecule has 6 nitrogen and oxygen atoms in total. The number of methoxy groups -OCH3 is 3. The van der Waals surface area contributed by atoms with Gasteiger partial charge in [-0.1, -0.05) is 0 Å². The standard InChI is InChI=1S/C18H28N2O4/c1-12(2)20(13-6-7-13)11-10-19-18(21)14-8-9-15(22-3)17(24-5)16(14)23-4/h8-9,12-13H,6-7,10-11H2,1-5H3,(H,19,21). The van der Waals surface area contributed by atoms with Gasteiger partial charge in [-0.15, -0.1) is 0 Å². The molecule has 0 heterocycles. The molecular formula is C18H28N2O4. The monoisotopic (exact) mass is 336 g/mol. The summed E-state index contributed by atoms with van der Waals surface area (Å²) in [5.41, 5.74) is 0.442. The first-order valence-corrected chi connectivity index (χ1v) is 8.36. The summed E-state index contributed by atoms with van der Waals surface area (Å²) in [5, 5.41) is 2.97. The van der Waals surface area contributed by atoms with Crippen LogP contribution in [0, 0.1) is 0 Å². The third-order valence-electron chi connectivity index (χ3n) is 4.28. The second kappa shape index (κ2) is 8.24. The first kappa shape index (κ1) is 18.4. The van der Waals surface area contributed by atoms with E-state index in [4.69, 9.17) is 14.2 Å². The molecule has 0 radical (unpaired) electrons. The second-order valence-electron chi connectivity index (χ2n) is 6.20. The molecule has 1 fully saturated rings. The van der Waals surface area contributed by atoms with Gasteiger partial charge in [0.05, 0.1) is 26.9 Å². The highest BCUT2D eigenvalue weighted by atomic mass is 16.5. The van der Waals surface area contributed by atoms with E-state index >= 15 is 0 Å². The summed E-state index contributed by atoms with van der Waals surface area (Å²) in [6.45, 7) is 5.84. The predicted molar refractivity (Wildman–Crippen MR) is 93.3 cm³/mol. The van der Waals surface area contributed by atoms with Crippen molar-refractivity contribution in [3.8, 4) is 17.2 Å². The number of carbonyl (C=O) groups is 1. The lowest BCUT2D eigenvalue weighted by Gasteiger charge is -2.26. The van der Waals surface area contributed by atoms with Crippen LogP contribution in [0.2, 0.25) is 0 Å². The Morgan fingerprint density at radius 1 is 1.17 bits per heavy atom. The van der Waals surface area contributed by atoms with Crippen LogP contribution in [0.1, 0.15) is 37.0 Å². The van der Waals surface area contributed by atoms with Gasteiger partial charge >= 0.3 is 0 Å². The Bertz CT molecular complexity index is 568. The van der Waals surface area contributed by atoms with Gasteiger partial charge in [0.1, 0.15) is 0 Å². The Kier molecular flexibility index (Phi) is 6.31. The lowest BCUT2D eigenvalue weighted by atomic mass is 10.1. The van der Waals surface area contributed by atoms with Crippen molar-refractivity contribution in [1.29, 1.82) is 0 Å². The van der Waals surface area contributed by atoms with Crippen molar-refractivity contribution in [2.45, 2.75) is 38.8 Å². The summed E-state index contributed by atoms with van der Waals surface area (Å²) in [4.78, 5) is 15.0. The largest absolute Gasteiger partial charge is 0.493 e. The molecule has 1 aliphatic rings. The lowest BCUT2D eigenvalue weighted by molar-refractivity contribution is 0.0940. The Morgan fingerprint density at radius 3 is 2.33 bits per heavy atom. The first-order chi connectivity index (χ1) is 11.5. The molecule has 1 saturated carbocycles. The molecule has 1 amide bonds. The van der Waals surface area contributed by atoms with Gasteiger partial charge in [-0.05, 0) is 38.8 Å². The van der Waals surface area contributed by atoms with Crippen molar-refractivity contribution in [2.24, 2.45) is 0 Å². The van der Waals surface area contributed by atoms with Crippen LogP contribution in [0.25, 0.3) is 0 Å². The summed E-state index contributed by atoms with van der Waals surface area (Å²) in [7, 11) is 4.59. The van der Waals surface area contributed by atoms with Crippen LogP contribution in [0.3, 0.4) is 0 Å². The number of hydrogen-bond acceptors (Lipinski definition) is 5. The average molecular weight is 336 g/mol. The van der Waals surface area contributed by atoms with Gasteiger partial charge in [-0.2, -0.15) is 0 Å². The van der Waals surface area contributed by atoms with Gasteiger partial charge < -0.3 is 19.5 Å². The molecule has 0 atom stereocenters. The van der Waals surface area contributed by atoms with Gasteiger partial charge in [0.2, 0.25) is 5.75 Å². The molecule has 6 heteroatoms. The minimum Gasteiger partial charge on any atom is -0.493 e. The van der Waals surface area contributed by atoms with Gasteiger partial charge in [0, 0.05) is 25.2 Å². The highest BCUT2D eigenvalue weighted by Crippen LogP contribution is 2.39. The smallest absolute Gasteiger partial charge is 0.255 e. The number of carbonyl (C=O) groups excluding carboxylic acids is 1. The Morgan fingerprint density at radius 2 is 1.83 bits per heavy atom. The molecule has 0 bridgehead atoms. The van der Waals surface area contributed by atoms with E-state index in [1.165, 1.54) is 27.1 Å². The number of amides is 1. The zero-order valence-electron chi connectivity index (χ0n) is 15.2. The number of benzene rings is 1. The summed E-state index contributed by atoms with van der Waals surface area (Å²) < 4.78 is 15.9. The van der Waals surface area contributed by atoms with Crippen LogP contribution in [-0.4, -0.2) is 57.3 Å². The molecule has 1 aromatic carbocycles. The maximum absolute atomic E-state index is 12.5. The molecule has 0 spiro atoms. The van der Waals surface area contributed by atoms with Gasteiger partial charge in [-0.25, -0.2) is 0 Å². The van der Waals surface area contributed by atoms with E-state index in [1.54, 1.807) is 19.2 Å². The lowest BCUT2D eigenvalue weighted by Crippen LogP contribution is -2.40. The number of nitrogens with zero attached hydrogens (tertiary/aromatic N) is 1. The van der Waals surface area contributed by atoms with Crippen LogP contribution in [0.15, 0.2) is 12.1 Å². The zero-order chi connectivity index (χ0) is 17.7. The topological polar surface area (TPSA) is 60.0 Å². The number of rotatable bonds is 9. The zero-order valence-corrected chi connectivity index (χ0v) is 15.2. The molecule has 2 rings (SSSR count). The van der Waals surface area contributed by atoms with E-state index < -0.39 is 0 Å². The fraction of sp³-hybridized carbons (Fsp3) is 0.611. The van der Waals surface area contributed by atoms with Crippen molar-refractivity contribution in [2.75, 3.05) is 34.4 Å². The normalized spacial score (nSPS) is 14.0. The molecular weight excluding hydrogens is 308 g/mol. The number of hydrogen-bond donors (Lipinski definition) is 1. The molecule has 0 saturated heterocycles. The van der Waals surface area contributed by atoms with E-state index in [0.717, 1.165) is 6.54 Å². The predicted octanol–water partition coefficient (Wildman–Crippen LogP) is 2.32. The van der Waals surface area contributed by atoms with E-state index in [9.17, 15) is 4.79 Å². The Balaban J connectivity index is 2.04. The molecule has 24 heavy (non-hydrogen) atoms. The fourth-order valence-electron chi connectivity index (χ4n) is 2.94. The molecule has 134 valence electrons. The van der Waals surface area contributed by atoms with Crippen molar-refractivity contribution in [3.63, 3.8) is 0 Å². The molecule has 1 aromatic rings. The highest BCUT2D eigenvalue weighted by Gasteiger charge is 2.30. The van der Waals surface area contributed by atoms with Gasteiger partial charge in [0.25, 0.3) is 5.91 Å². The number of ether oxygens (including phenoxy) is 3. The van der Waals surface area contributed by atoms with Crippen molar-refractivity contribution < 1.29 is 19.0 Å².